The first-order valence-corrected chi connectivity index (χ1v) is 8.68. The molecule has 8 nitrogen and oxygen atoms in total. The van der Waals surface area contributed by atoms with E-state index >= 15 is 0 Å². The lowest BCUT2D eigenvalue weighted by atomic mass is 10.1. The first-order valence-electron chi connectivity index (χ1n) is 8.68. The van der Waals surface area contributed by atoms with Crippen LogP contribution in [0.2, 0.25) is 0 Å². The van der Waals surface area contributed by atoms with E-state index in [1.807, 2.05) is 6.07 Å². The Bertz CT molecular complexity index is 1060. The molecule has 0 fully saturated rings. The van der Waals surface area contributed by atoms with Gasteiger partial charge in [0.1, 0.15) is 5.69 Å². The lowest BCUT2D eigenvalue weighted by Gasteiger charge is -2.11. The third-order valence-corrected chi connectivity index (χ3v) is 4.51. The van der Waals surface area contributed by atoms with Gasteiger partial charge in [-0.25, -0.2) is 4.79 Å². The van der Waals surface area contributed by atoms with Gasteiger partial charge in [-0.15, -0.1) is 0 Å². The molecule has 2 heterocycles. The van der Waals surface area contributed by atoms with Crippen LogP contribution in [0.25, 0.3) is 11.0 Å². The third kappa shape index (κ3) is 3.53. The number of ketones is 1. The summed E-state index contributed by atoms with van der Waals surface area (Å²) in [6.45, 7) is 4.79. The molecule has 1 N–H and O–H groups in total. The number of H-pyrrole nitrogens is 1. The lowest BCUT2D eigenvalue weighted by Crippen LogP contribution is -2.26. The summed E-state index contributed by atoms with van der Waals surface area (Å²) < 4.78 is 15.2. The molecule has 0 amide bonds. The number of para-hydroxylation sites is 1. The van der Waals surface area contributed by atoms with Gasteiger partial charge >= 0.3 is 11.9 Å². The molecule has 0 aliphatic heterocycles. The van der Waals surface area contributed by atoms with Gasteiger partial charge in [-0.3, -0.25) is 9.59 Å². The van der Waals surface area contributed by atoms with Crippen molar-refractivity contribution in [3.63, 3.8) is 0 Å². The Balaban J connectivity index is 1.72. The molecule has 8 heteroatoms. The van der Waals surface area contributed by atoms with E-state index in [0.717, 1.165) is 5.39 Å². The van der Waals surface area contributed by atoms with Crippen LogP contribution in [0.5, 0.6) is 0 Å². The molecule has 0 saturated carbocycles. The number of methoxy groups -OCH3 is 1. The molecular formula is C20H20N2O6. The maximum absolute atomic E-state index is 12.7. The number of Topliss-reactive ketones (excluding diaryl/α,β-unsaturated/α-hetero) is 1. The fourth-order valence-electron chi connectivity index (χ4n) is 3.10. The Morgan fingerprint density at radius 2 is 1.93 bits per heavy atom. The van der Waals surface area contributed by atoms with Crippen molar-refractivity contribution in [3.8, 4) is 0 Å². The summed E-state index contributed by atoms with van der Waals surface area (Å²) in [5, 5.41) is 4.60. The average Bonchev–Trinajstić information content (AvgIpc) is 3.21. The number of hydrogen-bond acceptors (Lipinski definition) is 7. The first-order chi connectivity index (χ1) is 13.3. The maximum Gasteiger partial charge on any atom is 0.339 e. The summed E-state index contributed by atoms with van der Waals surface area (Å²) in [7, 11) is 1.27. The van der Waals surface area contributed by atoms with Gasteiger partial charge in [-0.2, -0.15) is 0 Å². The van der Waals surface area contributed by atoms with Crippen LogP contribution in [0.3, 0.4) is 0 Å². The van der Waals surface area contributed by atoms with Crippen molar-refractivity contribution < 1.29 is 28.4 Å². The number of nitrogens with zero attached hydrogens (tertiary/aromatic N) is 1. The van der Waals surface area contributed by atoms with Crippen molar-refractivity contribution >= 4 is 28.7 Å². The summed E-state index contributed by atoms with van der Waals surface area (Å²) in [5.41, 5.74) is 2.51. The van der Waals surface area contributed by atoms with Gasteiger partial charge < -0.3 is 19.0 Å². The van der Waals surface area contributed by atoms with E-state index < -0.39 is 23.8 Å². The highest BCUT2D eigenvalue weighted by Crippen LogP contribution is 2.22. The van der Waals surface area contributed by atoms with Crippen molar-refractivity contribution in [2.24, 2.45) is 0 Å². The molecule has 3 aromatic rings. The average molecular weight is 384 g/mol. The summed E-state index contributed by atoms with van der Waals surface area (Å²) in [4.78, 5) is 39.7. The van der Waals surface area contributed by atoms with E-state index in [4.69, 9.17) is 14.0 Å². The molecule has 0 aliphatic carbocycles. The molecule has 146 valence electrons. The summed E-state index contributed by atoms with van der Waals surface area (Å²) in [6.07, 6.45) is -1.15. The number of ether oxygens (including phenoxy) is 2. The number of esters is 2. The Labute approximate surface area is 160 Å². The zero-order valence-corrected chi connectivity index (χ0v) is 16.0. The number of carbonyl (C=O) groups is 3. The second-order valence-electron chi connectivity index (χ2n) is 6.42. The highest BCUT2D eigenvalue weighted by atomic mass is 16.5. The Hall–Kier alpha value is -3.42. The second-order valence-corrected chi connectivity index (χ2v) is 6.42. The van der Waals surface area contributed by atoms with E-state index in [-0.39, 0.29) is 12.1 Å². The molecule has 0 aliphatic rings. The summed E-state index contributed by atoms with van der Waals surface area (Å²) in [6, 6.07) is 7.16. The van der Waals surface area contributed by atoms with Crippen molar-refractivity contribution in [2.45, 2.75) is 33.3 Å². The van der Waals surface area contributed by atoms with Gasteiger partial charge in [0.2, 0.25) is 5.78 Å². The highest BCUT2D eigenvalue weighted by molar-refractivity contribution is 6.04. The van der Waals surface area contributed by atoms with E-state index in [1.54, 1.807) is 32.0 Å². The SMILES string of the molecule is COC(=O)c1c(C)[nH]c(C(=O)[C@@H](C)OC(=O)Cc2noc3ccccc23)c1C. The maximum atomic E-state index is 12.7. The van der Waals surface area contributed by atoms with E-state index in [2.05, 4.69) is 10.1 Å². The van der Waals surface area contributed by atoms with Crippen molar-refractivity contribution in [1.82, 2.24) is 10.1 Å². The van der Waals surface area contributed by atoms with Crippen LogP contribution < -0.4 is 0 Å². The number of benzene rings is 1. The van der Waals surface area contributed by atoms with Crippen LogP contribution in [0, 0.1) is 13.8 Å². The fourth-order valence-corrected chi connectivity index (χ4v) is 3.10. The topological polar surface area (TPSA) is 111 Å². The summed E-state index contributed by atoms with van der Waals surface area (Å²) >= 11 is 0. The molecule has 1 aromatic carbocycles. The van der Waals surface area contributed by atoms with Crippen LogP contribution in [0.1, 0.15) is 44.7 Å². The van der Waals surface area contributed by atoms with Crippen molar-refractivity contribution in [1.29, 1.82) is 0 Å². The minimum Gasteiger partial charge on any atom is -0.465 e. The molecule has 0 unspecified atom stereocenters. The summed E-state index contributed by atoms with van der Waals surface area (Å²) in [5.74, 6) is -1.57. The molecule has 0 radical (unpaired) electrons. The van der Waals surface area contributed by atoms with Crippen LogP contribution in [-0.4, -0.2) is 41.1 Å². The van der Waals surface area contributed by atoms with Crippen molar-refractivity contribution in [3.05, 3.63) is 52.5 Å². The molecular weight excluding hydrogens is 364 g/mol. The number of fused-ring (bicyclic) bond motifs is 1. The molecule has 3 rings (SSSR count). The van der Waals surface area contributed by atoms with Gasteiger partial charge in [0.15, 0.2) is 11.7 Å². The standard InChI is InChI=1S/C20H20N2O6/c1-10-17(20(25)26-4)11(2)21-18(10)19(24)12(3)27-16(23)9-14-13-7-5-6-8-15(13)28-22-14/h5-8,12,21H,9H2,1-4H3/t12-/m1/s1. The third-order valence-electron chi connectivity index (χ3n) is 4.51. The van der Waals surface area contributed by atoms with Gasteiger partial charge in [0.25, 0.3) is 0 Å². The van der Waals surface area contributed by atoms with E-state index in [1.165, 1.54) is 14.0 Å². The van der Waals surface area contributed by atoms with Gasteiger partial charge in [0, 0.05) is 11.1 Å². The molecule has 0 spiro atoms. The predicted octanol–water partition coefficient (Wildman–Crippen LogP) is 2.92. The predicted molar refractivity (Wildman–Crippen MR) is 99.2 cm³/mol. The minimum absolute atomic E-state index is 0.120. The Morgan fingerprint density at radius 1 is 1.21 bits per heavy atom. The molecule has 0 saturated heterocycles. The monoisotopic (exact) mass is 384 g/mol. The van der Waals surface area contributed by atoms with E-state index in [0.29, 0.717) is 28.1 Å². The highest BCUT2D eigenvalue weighted by Gasteiger charge is 2.27. The van der Waals surface area contributed by atoms with Crippen molar-refractivity contribution in [2.75, 3.05) is 7.11 Å². The largest absolute Gasteiger partial charge is 0.465 e. The fraction of sp³-hybridized carbons (Fsp3) is 0.300. The zero-order valence-electron chi connectivity index (χ0n) is 16.0. The minimum atomic E-state index is -1.03. The number of carbonyl (C=O) groups excluding carboxylic acids is 3. The van der Waals surface area contributed by atoms with Crippen LogP contribution in [0.4, 0.5) is 0 Å². The van der Waals surface area contributed by atoms with E-state index in [9.17, 15) is 14.4 Å². The number of aromatic amines is 1. The normalized spacial score (nSPS) is 12.0. The number of hydrogen-bond donors (Lipinski definition) is 1. The second kappa shape index (κ2) is 7.67. The van der Waals surface area contributed by atoms with Gasteiger partial charge in [-0.1, -0.05) is 17.3 Å². The quantitative estimate of drug-likeness (QED) is 0.514. The molecule has 28 heavy (non-hydrogen) atoms. The number of aryl methyl sites for hydroxylation is 1. The number of rotatable bonds is 6. The number of nitrogens with one attached hydrogen (secondary N) is 1. The zero-order chi connectivity index (χ0) is 20.4. The van der Waals surface area contributed by atoms with Gasteiger partial charge in [0.05, 0.1) is 24.8 Å². The molecule has 0 bridgehead atoms. The smallest absolute Gasteiger partial charge is 0.339 e. The van der Waals surface area contributed by atoms with Crippen LogP contribution >= 0.6 is 0 Å². The Kier molecular flexibility index (Phi) is 5.30. The van der Waals surface area contributed by atoms with Crippen LogP contribution in [0.15, 0.2) is 28.8 Å². The first kappa shape index (κ1) is 19.3. The molecule has 2 aromatic heterocycles. The van der Waals surface area contributed by atoms with Gasteiger partial charge in [-0.05, 0) is 38.5 Å². The van der Waals surface area contributed by atoms with Crippen LogP contribution in [-0.2, 0) is 20.7 Å². The molecule has 1 atom stereocenters. The Morgan fingerprint density at radius 3 is 2.64 bits per heavy atom. The lowest BCUT2D eigenvalue weighted by molar-refractivity contribution is -0.145. The number of aromatic nitrogens is 2.